The zero-order valence-corrected chi connectivity index (χ0v) is 15.6. The molecule has 2 unspecified atom stereocenters. The normalized spacial score (nSPS) is 24.4. The lowest BCUT2D eigenvalue weighted by molar-refractivity contribution is 0.164. The predicted octanol–water partition coefficient (Wildman–Crippen LogP) is 3.90. The van der Waals surface area contributed by atoms with E-state index in [2.05, 4.69) is 14.8 Å². The molecule has 0 radical (unpaired) electrons. The zero-order valence-electron chi connectivity index (χ0n) is 14.8. The molecule has 4 heterocycles. The second-order valence-corrected chi connectivity index (χ2v) is 7.48. The van der Waals surface area contributed by atoms with Crippen LogP contribution in [0.2, 0.25) is 0 Å². The third-order valence-corrected chi connectivity index (χ3v) is 6.02. The molecule has 4 nitrogen and oxygen atoms in total. The Morgan fingerprint density at radius 3 is 2.73 bits per heavy atom. The van der Waals surface area contributed by atoms with Gasteiger partial charge in [-0.15, -0.1) is 12.4 Å². The summed E-state index contributed by atoms with van der Waals surface area (Å²) in [5.74, 6) is 0.798. The van der Waals surface area contributed by atoms with Crippen molar-refractivity contribution in [1.29, 1.82) is 0 Å². The van der Waals surface area contributed by atoms with Crippen LogP contribution < -0.4 is 4.90 Å². The molecule has 0 saturated carbocycles. The summed E-state index contributed by atoms with van der Waals surface area (Å²) in [5, 5.41) is 0. The van der Waals surface area contributed by atoms with E-state index in [1.54, 1.807) is 12.1 Å². The van der Waals surface area contributed by atoms with Crippen LogP contribution in [0.25, 0.3) is 0 Å². The van der Waals surface area contributed by atoms with Crippen LogP contribution in [0.3, 0.4) is 0 Å². The third kappa shape index (κ3) is 2.97. The van der Waals surface area contributed by atoms with Gasteiger partial charge in [-0.3, -0.25) is 4.90 Å². The van der Waals surface area contributed by atoms with Gasteiger partial charge in [0.05, 0.1) is 5.69 Å². The molecule has 1 aromatic heterocycles. The van der Waals surface area contributed by atoms with Crippen LogP contribution in [0.1, 0.15) is 48.5 Å². The maximum atomic E-state index is 14.1. The number of rotatable bonds is 3. The van der Waals surface area contributed by atoms with Crippen molar-refractivity contribution in [2.75, 3.05) is 18.0 Å². The molecule has 3 aliphatic rings. The van der Waals surface area contributed by atoms with Crippen LogP contribution in [0.4, 0.5) is 10.3 Å². The van der Waals surface area contributed by atoms with Gasteiger partial charge in [0.2, 0.25) is 5.95 Å². The van der Waals surface area contributed by atoms with Crippen molar-refractivity contribution in [1.82, 2.24) is 14.9 Å². The summed E-state index contributed by atoms with van der Waals surface area (Å²) in [4.78, 5) is 14.3. The third-order valence-electron chi connectivity index (χ3n) is 6.02. The van der Waals surface area contributed by atoms with Crippen molar-refractivity contribution in [3.63, 3.8) is 0 Å². The van der Waals surface area contributed by atoms with E-state index < -0.39 is 0 Å². The molecule has 2 saturated heterocycles. The van der Waals surface area contributed by atoms with Gasteiger partial charge in [0, 0.05) is 55.5 Å². The fraction of sp³-hybridized carbons (Fsp3) is 0.500. The van der Waals surface area contributed by atoms with Crippen LogP contribution in [0.15, 0.2) is 30.5 Å². The minimum absolute atomic E-state index is 0. The highest BCUT2D eigenvalue weighted by molar-refractivity contribution is 5.85. The van der Waals surface area contributed by atoms with Crippen LogP contribution in [0, 0.1) is 5.82 Å². The van der Waals surface area contributed by atoms with Gasteiger partial charge >= 0.3 is 0 Å². The van der Waals surface area contributed by atoms with E-state index in [4.69, 9.17) is 4.98 Å². The number of aromatic nitrogens is 2. The van der Waals surface area contributed by atoms with Gasteiger partial charge in [-0.05, 0) is 31.7 Å². The molecule has 0 N–H and O–H groups in total. The average molecular weight is 375 g/mol. The highest BCUT2D eigenvalue weighted by atomic mass is 35.5. The van der Waals surface area contributed by atoms with E-state index in [1.807, 2.05) is 18.3 Å². The van der Waals surface area contributed by atoms with Gasteiger partial charge in [0.1, 0.15) is 5.82 Å². The highest BCUT2D eigenvalue weighted by Crippen LogP contribution is 2.44. The Morgan fingerprint density at radius 1 is 1.12 bits per heavy atom. The quantitative estimate of drug-likeness (QED) is 0.815. The Bertz CT molecular complexity index is 793. The molecule has 26 heavy (non-hydrogen) atoms. The number of halogens is 2. The summed E-state index contributed by atoms with van der Waals surface area (Å²) in [6.07, 6.45) is 7.76. The second kappa shape index (κ2) is 7.12. The molecule has 1 aromatic carbocycles. The number of benzene rings is 1. The Labute approximate surface area is 159 Å². The maximum absolute atomic E-state index is 14.1. The lowest BCUT2D eigenvalue weighted by Crippen LogP contribution is -2.38. The average Bonchev–Trinajstić information content (AvgIpc) is 3.25. The minimum atomic E-state index is -0.103. The molecule has 6 heteroatoms. The molecule has 5 rings (SSSR count). The molecular weight excluding hydrogens is 351 g/mol. The van der Waals surface area contributed by atoms with Crippen molar-refractivity contribution >= 4 is 18.4 Å². The van der Waals surface area contributed by atoms with Crippen LogP contribution in [-0.2, 0) is 13.0 Å². The first-order valence-corrected chi connectivity index (χ1v) is 9.39. The van der Waals surface area contributed by atoms with Gasteiger partial charge in [0.25, 0.3) is 0 Å². The summed E-state index contributed by atoms with van der Waals surface area (Å²) in [6.45, 7) is 2.82. The van der Waals surface area contributed by atoms with E-state index >= 15 is 0 Å². The zero-order chi connectivity index (χ0) is 16.8. The molecule has 3 aliphatic heterocycles. The monoisotopic (exact) mass is 374 g/mol. The van der Waals surface area contributed by atoms with E-state index in [1.165, 1.54) is 24.1 Å². The Kier molecular flexibility index (Phi) is 4.84. The lowest BCUT2D eigenvalue weighted by atomic mass is 9.98. The summed E-state index contributed by atoms with van der Waals surface area (Å²) in [6, 6.07) is 7.94. The topological polar surface area (TPSA) is 32.3 Å². The fourth-order valence-electron chi connectivity index (χ4n) is 4.70. The number of hydrogen-bond donors (Lipinski definition) is 0. The van der Waals surface area contributed by atoms with Crippen LogP contribution in [-0.4, -0.2) is 34.0 Å². The molecule has 138 valence electrons. The molecular formula is C20H24ClFN4. The van der Waals surface area contributed by atoms with E-state index in [9.17, 15) is 4.39 Å². The molecule has 0 amide bonds. The number of fused-ring (bicyclic) bond motifs is 4. The molecule has 2 fully saturated rings. The maximum Gasteiger partial charge on any atom is 0.225 e. The van der Waals surface area contributed by atoms with Crippen molar-refractivity contribution < 1.29 is 4.39 Å². The van der Waals surface area contributed by atoms with Crippen LogP contribution in [0.5, 0.6) is 0 Å². The minimum Gasteiger partial charge on any atom is -0.341 e. The predicted molar refractivity (Wildman–Crippen MR) is 102 cm³/mol. The Hall–Kier alpha value is -1.72. The molecule has 2 bridgehead atoms. The molecule has 0 aliphatic carbocycles. The molecule has 0 spiro atoms. The van der Waals surface area contributed by atoms with Gasteiger partial charge in [-0.1, -0.05) is 18.2 Å². The summed E-state index contributed by atoms with van der Waals surface area (Å²) in [7, 11) is 0. The van der Waals surface area contributed by atoms with E-state index in [0.29, 0.717) is 18.6 Å². The number of nitrogens with zero attached hydrogens (tertiary/aromatic N) is 4. The van der Waals surface area contributed by atoms with Gasteiger partial charge in [-0.25, -0.2) is 14.4 Å². The van der Waals surface area contributed by atoms with Gasteiger partial charge in [-0.2, -0.15) is 0 Å². The Balaban J connectivity index is 0.00000168. The first-order chi connectivity index (χ1) is 12.3. The highest BCUT2D eigenvalue weighted by Gasteiger charge is 2.41. The van der Waals surface area contributed by atoms with Crippen molar-refractivity contribution in [2.24, 2.45) is 0 Å². The largest absolute Gasteiger partial charge is 0.341 e. The van der Waals surface area contributed by atoms with Gasteiger partial charge in [0.15, 0.2) is 0 Å². The summed E-state index contributed by atoms with van der Waals surface area (Å²) in [5.41, 5.74) is 3.26. The van der Waals surface area contributed by atoms with Gasteiger partial charge < -0.3 is 4.90 Å². The SMILES string of the molecule is Cl.Fc1ccccc1CN1C2CCC1c1cnc(N3CCCC3)nc1C2. The molecule has 2 aromatic rings. The van der Waals surface area contributed by atoms with E-state index in [-0.39, 0.29) is 18.2 Å². The Morgan fingerprint density at radius 2 is 1.92 bits per heavy atom. The van der Waals surface area contributed by atoms with Crippen molar-refractivity contribution in [2.45, 2.75) is 50.7 Å². The lowest BCUT2D eigenvalue weighted by Gasteiger charge is -2.36. The standard InChI is InChI=1S/C20H23FN4.ClH/c21-17-6-2-1-5-14(17)13-25-15-7-8-19(25)16-12-22-20(23-18(16)11-15)24-9-3-4-10-24;/h1-2,5-6,12,15,19H,3-4,7-11,13H2;1H. The first kappa shape index (κ1) is 17.7. The molecule has 2 atom stereocenters. The van der Waals surface area contributed by atoms with Crippen LogP contribution >= 0.6 is 12.4 Å². The summed E-state index contributed by atoms with van der Waals surface area (Å²) < 4.78 is 14.1. The van der Waals surface area contributed by atoms with E-state index in [0.717, 1.165) is 43.9 Å². The van der Waals surface area contributed by atoms with Crippen molar-refractivity contribution in [3.05, 3.63) is 53.1 Å². The smallest absolute Gasteiger partial charge is 0.225 e. The van der Waals surface area contributed by atoms with Crippen molar-refractivity contribution in [3.8, 4) is 0 Å². The number of anilines is 1. The second-order valence-electron chi connectivity index (χ2n) is 7.48. The number of hydrogen-bond acceptors (Lipinski definition) is 4. The fourth-order valence-corrected chi connectivity index (χ4v) is 4.70. The summed E-state index contributed by atoms with van der Waals surface area (Å²) >= 11 is 0. The first-order valence-electron chi connectivity index (χ1n) is 9.39.